The van der Waals surface area contributed by atoms with Gasteiger partial charge in [-0.1, -0.05) is 243 Å². The first kappa shape index (κ1) is 37.1. The standard InChI is InChI=1S/C66H42/c1-5-17-47(18-6-1)65(48-19-7-2-8-20-48)59-27-15-13-25-53(59)55-37-33-45(41-61(55)65)51-35-29-43-32-40-58-52(36-30-44-31-39-57(51)63(43)64(44)58)46-34-38-56-54-26-14-16-28-60(54)66(62(56)42-46,49-21-9-3-10-22-49)50-23-11-4-12-24-50/h1-42H. The lowest BCUT2D eigenvalue weighted by atomic mass is 9.67. The molecule has 2 aliphatic carbocycles. The second-order valence-corrected chi connectivity index (χ2v) is 18.2. The molecule has 2 aliphatic rings. The molecule has 0 nitrogen and oxygen atoms in total. The van der Waals surface area contributed by atoms with Gasteiger partial charge in [-0.2, -0.15) is 0 Å². The van der Waals surface area contributed by atoms with Gasteiger partial charge in [0.25, 0.3) is 0 Å². The molecule has 0 bridgehead atoms. The Morgan fingerprint density at radius 1 is 0.212 bits per heavy atom. The summed E-state index contributed by atoms with van der Waals surface area (Å²) in [5, 5.41) is 7.72. The van der Waals surface area contributed by atoms with Gasteiger partial charge in [0.2, 0.25) is 0 Å². The normalized spacial score (nSPS) is 14.0. The molecule has 12 aromatic rings. The van der Waals surface area contributed by atoms with Crippen LogP contribution in [0.2, 0.25) is 0 Å². The predicted molar refractivity (Wildman–Crippen MR) is 276 cm³/mol. The molecular weight excluding hydrogens is 793 g/mol. The first-order valence-corrected chi connectivity index (χ1v) is 23.2. The molecule has 0 aliphatic heterocycles. The molecule has 0 heterocycles. The molecule has 0 saturated carbocycles. The Hall–Kier alpha value is -8.32. The second kappa shape index (κ2) is 14.1. The zero-order valence-corrected chi connectivity index (χ0v) is 36.2. The maximum Gasteiger partial charge on any atom is 0.0713 e. The molecule has 0 heteroatoms. The van der Waals surface area contributed by atoms with E-state index < -0.39 is 10.8 Å². The van der Waals surface area contributed by atoms with E-state index in [1.807, 2.05) is 0 Å². The Kier molecular flexibility index (Phi) is 7.92. The molecule has 0 radical (unpaired) electrons. The zero-order valence-electron chi connectivity index (χ0n) is 36.2. The molecule has 0 N–H and O–H groups in total. The van der Waals surface area contributed by atoms with Gasteiger partial charge in [0.05, 0.1) is 10.8 Å². The Labute approximate surface area is 385 Å². The van der Waals surface area contributed by atoms with E-state index in [1.54, 1.807) is 0 Å². The van der Waals surface area contributed by atoms with Crippen LogP contribution in [0.15, 0.2) is 255 Å². The van der Waals surface area contributed by atoms with Crippen LogP contribution in [0, 0.1) is 0 Å². The van der Waals surface area contributed by atoms with Crippen molar-refractivity contribution in [3.63, 3.8) is 0 Å². The molecule has 0 unspecified atom stereocenters. The average molecular weight is 835 g/mol. The lowest BCUT2D eigenvalue weighted by molar-refractivity contribution is 0.769. The van der Waals surface area contributed by atoms with Crippen LogP contribution in [-0.4, -0.2) is 0 Å². The highest BCUT2D eigenvalue weighted by molar-refractivity contribution is 6.27. The molecule has 0 fully saturated rings. The monoisotopic (exact) mass is 834 g/mol. The lowest BCUT2D eigenvalue weighted by Crippen LogP contribution is -2.28. The van der Waals surface area contributed by atoms with Crippen LogP contribution in [0.4, 0.5) is 0 Å². The fourth-order valence-corrected chi connectivity index (χ4v) is 12.5. The Morgan fingerprint density at radius 3 is 0.894 bits per heavy atom. The number of hydrogen-bond donors (Lipinski definition) is 0. The van der Waals surface area contributed by atoms with E-state index in [4.69, 9.17) is 0 Å². The Morgan fingerprint density at radius 2 is 0.515 bits per heavy atom. The van der Waals surface area contributed by atoms with Crippen molar-refractivity contribution in [2.24, 2.45) is 0 Å². The maximum atomic E-state index is 2.50. The van der Waals surface area contributed by atoms with Crippen LogP contribution in [0.3, 0.4) is 0 Å². The van der Waals surface area contributed by atoms with Gasteiger partial charge >= 0.3 is 0 Å². The largest absolute Gasteiger partial charge is 0.0713 e. The van der Waals surface area contributed by atoms with Crippen LogP contribution in [0.1, 0.15) is 44.5 Å². The minimum Gasteiger partial charge on any atom is -0.0622 e. The van der Waals surface area contributed by atoms with E-state index in [2.05, 4.69) is 255 Å². The average Bonchev–Trinajstić information content (AvgIpc) is 3.86. The zero-order chi connectivity index (χ0) is 43.4. The van der Waals surface area contributed by atoms with Gasteiger partial charge in [0, 0.05) is 0 Å². The fraction of sp³-hybridized carbons (Fsp3) is 0.0303. The number of benzene rings is 12. The van der Waals surface area contributed by atoms with Crippen molar-refractivity contribution in [1.82, 2.24) is 0 Å². The molecule has 306 valence electrons. The smallest absolute Gasteiger partial charge is 0.0622 e. The molecule has 0 amide bonds. The summed E-state index contributed by atoms with van der Waals surface area (Å²) in [6.07, 6.45) is 0. The number of hydrogen-bond acceptors (Lipinski definition) is 0. The van der Waals surface area contributed by atoms with Gasteiger partial charge in [-0.25, -0.2) is 0 Å². The van der Waals surface area contributed by atoms with Gasteiger partial charge in [-0.3, -0.25) is 0 Å². The summed E-state index contributed by atoms with van der Waals surface area (Å²) in [6.45, 7) is 0. The minimum atomic E-state index is -0.459. The van der Waals surface area contributed by atoms with Crippen LogP contribution < -0.4 is 0 Å². The first-order chi connectivity index (χ1) is 32.7. The molecule has 0 atom stereocenters. The van der Waals surface area contributed by atoms with E-state index in [0.717, 1.165) is 0 Å². The van der Waals surface area contributed by atoms with E-state index in [1.165, 1.54) is 121 Å². The molecule has 0 aromatic heterocycles. The predicted octanol–water partition coefficient (Wildman–Crippen LogP) is 16.6. The van der Waals surface area contributed by atoms with Crippen LogP contribution >= 0.6 is 0 Å². The van der Waals surface area contributed by atoms with Crippen molar-refractivity contribution >= 4 is 32.3 Å². The van der Waals surface area contributed by atoms with Crippen molar-refractivity contribution in [3.8, 4) is 44.5 Å². The van der Waals surface area contributed by atoms with Crippen molar-refractivity contribution in [2.75, 3.05) is 0 Å². The van der Waals surface area contributed by atoms with Crippen molar-refractivity contribution in [3.05, 3.63) is 299 Å². The van der Waals surface area contributed by atoms with E-state index in [-0.39, 0.29) is 0 Å². The molecule has 14 rings (SSSR count). The summed E-state index contributed by atoms with van der Waals surface area (Å²) < 4.78 is 0. The number of fused-ring (bicyclic) bond motifs is 6. The third kappa shape index (κ3) is 4.93. The van der Waals surface area contributed by atoms with E-state index >= 15 is 0 Å². The van der Waals surface area contributed by atoms with Gasteiger partial charge in [0.15, 0.2) is 0 Å². The first-order valence-electron chi connectivity index (χ1n) is 23.2. The summed E-state index contributed by atoms with van der Waals surface area (Å²) in [5.74, 6) is 0. The van der Waals surface area contributed by atoms with Gasteiger partial charge in [-0.05, 0) is 133 Å². The molecule has 0 saturated heterocycles. The summed E-state index contributed by atoms with van der Waals surface area (Å²) in [7, 11) is 0. The van der Waals surface area contributed by atoms with E-state index in [9.17, 15) is 0 Å². The van der Waals surface area contributed by atoms with Crippen molar-refractivity contribution in [1.29, 1.82) is 0 Å². The molecule has 66 heavy (non-hydrogen) atoms. The SMILES string of the molecule is c1ccc(C2(c3ccccc3)c3ccccc3-c3ccc(-c4ccc5ccc6c(-c7ccc8c(c7)C(c7ccccc7)(c7ccccc7)c7ccccc7-8)ccc7ccc4c5c76)cc32)cc1. The molecule has 0 spiro atoms. The summed E-state index contributed by atoms with van der Waals surface area (Å²) in [4.78, 5) is 0. The summed E-state index contributed by atoms with van der Waals surface area (Å²) in [6, 6.07) is 95.8. The minimum absolute atomic E-state index is 0.459. The summed E-state index contributed by atoms with van der Waals surface area (Å²) >= 11 is 0. The highest BCUT2D eigenvalue weighted by Gasteiger charge is 2.47. The van der Waals surface area contributed by atoms with Gasteiger partial charge < -0.3 is 0 Å². The quantitative estimate of drug-likeness (QED) is 0.146. The van der Waals surface area contributed by atoms with Gasteiger partial charge in [0.1, 0.15) is 0 Å². The van der Waals surface area contributed by atoms with Crippen LogP contribution in [0.5, 0.6) is 0 Å². The maximum absolute atomic E-state index is 2.50. The Balaban J connectivity index is 0.979. The fourth-order valence-electron chi connectivity index (χ4n) is 12.5. The topological polar surface area (TPSA) is 0 Å². The van der Waals surface area contributed by atoms with Crippen molar-refractivity contribution in [2.45, 2.75) is 10.8 Å². The molecular formula is C66H42. The third-order valence-electron chi connectivity index (χ3n) is 15.2. The Bertz CT molecular complexity index is 3510. The lowest BCUT2D eigenvalue weighted by Gasteiger charge is -2.34. The second-order valence-electron chi connectivity index (χ2n) is 18.2. The van der Waals surface area contributed by atoms with E-state index in [0.29, 0.717) is 0 Å². The van der Waals surface area contributed by atoms with Crippen molar-refractivity contribution < 1.29 is 0 Å². The molecule has 12 aromatic carbocycles. The highest BCUT2D eigenvalue weighted by Crippen LogP contribution is 2.59. The highest BCUT2D eigenvalue weighted by atomic mass is 14.5. The van der Waals surface area contributed by atoms with Crippen LogP contribution in [-0.2, 0) is 10.8 Å². The number of rotatable bonds is 6. The summed E-state index contributed by atoms with van der Waals surface area (Å²) in [5.41, 5.74) is 19.7. The van der Waals surface area contributed by atoms with Crippen LogP contribution in [0.25, 0.3) is 76.8 Å². The van der Waals surface area contributed by atoms with Gasteiger partial charge in [-0.15, -0.1) is 0 Å². The third-order valence-corrected chi connectivity index (χ3v) is 15.2.